The molecule has 0 bridgehead atoms. The van der Waals surface area contributed by atoms with E-state index in [1.54, 1.807) is 13.1 Å². The number of hydroxylamine groups is 2. The van der Waals surface area contributed by atoms with Gasteiger partial charge in [0.2, 0.25) is 0 Å². The van der Waals surface area contributed by atoms with Crippen molar-refractivity contribution in [3.63, 3.8) is 0 Å². The molecule has 0 unspecified atom stereocenters. The third-order valence-corrected chi connectivity index (χ3v) is 3.17. The van der Waals surface area contributed by atoms with Crippen molar-refractivity contribution in [3.05, 3.63) is 52.8 Å². The van der Waals surface area contributed by atoms with E-state index in [9.17, 15) is 4.79 Å². The Morgan fingerprint density at radius 3 is 2.70 bits per heavy atom. The molecule has 1 aromatic heterocycles. The van der Waals surface area contributed by atoms with Crippen LogP contribution in [0.25, 0.3) is 0 Å². The first-order chi connectivity index (χ1) is 9.51. The van der Waals surface area contributed by atoms with Gasteiger partial charge in [-0.15, -0.1) is 0 Å². The van der Waals surface area contributed by atoms with Crippen LogP contribution in [-0.4, -0.2) is 34.9 Å². The Balaban J connectivity index is 2.22. The molecular formula is C15H19N3O2. The molecule has 2 aromatic rings. The summed E-state index contributed by atoms with van der Waals surface area (Å²) in [5.41, 5.74) is 3.74. The number of aryl methyl sites for hydroxylation is 2. The van der Waals surface area contributed by atoms with Gasteiger partial charge in [0.05, 0.1) is 19.3 Å². The van der Waals surface area contributed by atoms with Crippen LogP contribution in [0.1, 0.15) is 27.3 Å². The minimum Gasteiger partial charge on any atom is -0.274 e. The standard InChI is InChI=1S/C15H19N3O2/c1-11-8-12(2)18(16-11)10-13-6-5-7-14(9-13)15(19)17(3)20-4/h5-9H,10H2,1-4H3. The molecular weight excluding hydrogens is 254 g/mol. The minimum atomic E-state index is -0.164. The van der Waals surface area contributed by atoms with Crippen molar-refractivity contribution in [2.75, 3.05) is 14.2 Å². The Morgan fingerprint density at radius 2 is 2.10 bits per heavy atom. The molecule has 0 aliphatic carbocycles. The average Bonchev–Trinajstić information content (AvgIpc) is 2.75. The van der Waals surface area contributed by atoms with E-state index in [1.165, 1.54) is 12.2 Å². The molecule has 0 saturated carbocycles. The maximum absolute atomic E-state index is 12.0. The van der Waals surface area contributed by atoms with Crippen LogP contribution in [0.15, 0.2) is 30.3 Å². The molecule has 0 saturated heterocycles. The number of amides is 1. The molecule has 0 aliphatic heterocycles. The number of nitrogens with zero attached hydrogens (tertiary/aromatic N) is 3. The molecule has 2 rings (SSSR count). The van der Waals surface area contributed by atoms with Gasteiger partial charge in [0.15, 0.2) is 0 Å². The quantitative estimate of drug-likeness (QED) is 0.802. The van der Waals surface area contributed by atoms with Gasteiger partial charge in [-0.1, -0.05) is 12.1 Å². The molecule has 0 N–H and O–H groups in total. The number of carbonyl (C=O) groups is 1. The predicted molar refractivity (Wildman–Crippen MR) is 76.3 cm³/mol. The van der Waals surface area contributed by atoms with E-state index in [0.29, 0.717) is 12.1 Å². The minimum absolute atomic E-state index is 0.164. The van der Waals surface area contributed by atoms with Crippen LogP contribution in [0.3, 0.4) is 0 Å². The Bertz CT molecular complexity index is 619. The average molecular weight is 273 g/mol. The van der Waals surface area contributed by atoms with E-state index in [1.807, 2.05) is 42.8 Å². The smallest absolute Gasteiger partial charge is 0.274 e. The molecule has 1 amide bonds. The number of benzene rings is 1. The Hall–Kier alpha value is -2.14. The lowest BCUT2D eigenvalue weighted by molar-refractivity contribution is -0.0757. The molecule has 1 aromatic carbocycles. The van der Waals surface area contributed by atoms with E-state index in [-0.39, 0.29) is 5.91 Å². The summed E-state index contributed by atoms with van der Waals surface area (Å²) in [6.07, 6.45) is 0. The van der Waals surface area contributed by atoms with Gasteiger partial charge in [0.25, 0.3) is 5.91 Å². The first-order valence-corrected chi connectivity index (χ1v) is 6.43. The van der Waals surface area contributed by atoms with Crippen molar-refractivity contribution < 1.29 is 9.63 Å². The van der Waals surface area contributed by atoms with Gasteiger partial charge in [0, 0.05) is 18.3 Å². The normalized spacial score (nSPS) is 10.6. The highest BCUT2D eigenvalue weighted by Crippen LogP contribution is 2.11. The first kappa shape index (κ1) is 14.3. The summed E-state index contributed by atoms with van der Waals surface area (Å²) in [6.45, 7) is 4.64. The van der Waals surface area contributed by atoms with Gasteiger partial charge in [-0.25, -0.2) is 5.06 Å². The number of rotatable bonds is 4. The van der Waals surface area contributed by atoms with Crippen molar-refractivity contribution in [2.24, 2.45) is 0 Å². The van der Waals surface area contributed by atoms with Crippen molar-refractivity contribution in [2.45, 2.75) is 20.4 Å². The van der Waals surface area contributed by atoms with Gasteiger partial charge >= 0.3 is 0 Å². The second-order valence-corrected chi connectivity index (χ2v) is 4.77. The summed E-state index contributed by atoms with van der Waals surface area (Å²) < 4.78 is 1.93. The lowest BCUT2D eigenvalue weighted by atomic mass is 10.1. The monoisotopic (exact) mass is 273 g/mol. The van der Waals surface area contributed by atoms with E-state index in [0.717, 1.165) is 17.0 Å². The van der Waals surface area contributed by atoms with Crippen molar-refractivity contribution >= 4 is 5.91 Å². The molecule has 0 aliphatic rings. The van der Waals surface area contributed by atoms with Crippen LogP contribution in [0.2, 0.25) is 0 Å². The molecule has 0 fully saturated rings. The Kier molecular flexibility index (Phi) is 4.20. The summed E-state index contributed by atoms with van der Waals surface area (Å²) in [5.74, 6) is -0.164. The van der Waals surface area contributed by atoms with Crippen LogP contribution in [0, 0.1) is 13.8 Å². The zero-order valence-corrected chi connectivity index (χ0v) is 12.3. The van der Waals surface area contributed by atoms with Gasteiger partial charge < -0.3 is 0 Å². The number of hydrogen-bond acceptors (Lipinski definition) is 3. The van der Waals surface area contributed by atoms with Crippen LogP contribution in [0.4, 0.5) is 0 Å². The SMILES string of the molecule is CON(C)C(=O)c1cccc(Cn2nc(C)cc2C)c1. The highest BCUT2D eigenvalue weighted by molar-refractivity contribution is 5.93. The lowest BCUT2D eigenvalue weighted by Crippen LogP contribution is -2.25. The predicted octanol–water partition coefficient (Wildman–Crippen LogP) is 2.18. The third-order valence-electron chi connectivity index (χ3n) is 3.17. The fourth-order valence-corrected chi connectivity index (χ4v) is 2.08. The second kappa shape index (κ2) is 5.88. The maximum Gasteiger partial charge on any atom is 0.277 e. The summed E-state index contributed by atoms with van der Waals surface area (Å²) in [7, 11) is 3.06. The highest BCUT2D eigenvalue weighted by atomic mass is 16.7. The topological polar surface area (TPSA) is 47.4 Å². The third kappa shape index (κ3) is 3.05. The van der Waals surface area contributed by atoms with Crippen LogP contribution in [0.5, 0.6) is 0 Å². The molecule has 20 heavy (non-hydrogen) atoms. The number of carbonyl (C=O) groups excluding carboxylic acids is 1. The summed E-state index contributed by atoms with van der Waals surface area (Å²) in [5, 5.41) is 5.64. The van der Waals surface area contributed by atoms with Crippen LogP contribution in [-0.2, 0) is 11.4 Å². The molecule has 5 nitrogen and oxygen atoms in total. The van der Waals surface area contributed by atoms with Crippen molar-refractivity contribution in [3.8, 4) is 0 Å². The van der Waals surface area contributed by atoms with Gasteiger partial charge in [-0.05, 0) is 37.6 Å². The van der Waals surface area contributed by atoms with Gasteiger partial charge in [0.1, 0.15) is 0 Å². The Labute approximate surface area is 118 Å². The fourth-order valence-electron chi connectivity index (χ4n) is 2.08. The Morgan fingerprint density at radius 1 is 1.35 bits per heavy atom. The first-order valence-electron chi connectivity index (χ1n) is 6.43. The fraction of sp³-hybridized carbons (Fsp3) is 0.333. The molecule has 0 spiro atoms. The number of hydrogen-bond donors (Lipinski definition) is 0. The zero-order chi connectivity index (χ0) is 14.7. The largest absolute Gasteiger partial charge is 0.277 e. The molecule has 106 valence electrons. The summed E-state index contributed by atoms with van der Waals surface area (Å²) >= 11 is 0. The molecule has 0 radical (unpaired) electrons. The van der Waals surface area contributed by atoms with Crippen LogP contribution < -0.4 is 0 Å². The summed E-state index contributed by atoms with van der Waals surface area (Å²) in [4.78, 5) is 16.9. The molecule has 5 heteroatoms. The maximum atomic E-state index is 12.0. The van der Waals surface area contributed by atoms with Crippen molar-refractivity contribution in [1.82, 2.24) is 14.8 Å². The van der Waals surface area contributed by atoms with Crippen molar-refractivity contribution in [1.29, 1.82) is 0 Å². The van der Waals surface area contributed by atoms with E-state index < -0.39 is 0 Å². The summed E-state index contributed by atoms with van der Waals surface area (Å²) in [6, 6.07) is 9.54. The van der Waals surface area contributed by atoms with Gasteiger partial charge in [-0.3, -0.25) is 14.3 Å². The number of aromatic nitrogens is 2. The molecule has 1 heterocycles. The zero-order valence-electron chi connectivity index (χ0n) is 12.3. The molecule has 0 atom stereocenters. The van der Waals surface area contributed by atoms with E-state index in [2.05, 4.69) is 5.10 Å². The second-order valence-electron chi connectivity index (χ2n) is 4.77. The van der Waals surface area contributed by atoms with E-state index >= 15 is 0 Å². The van der Waals surface area contributed by atoms with Crippen LogP contribution >= 0.6 is 0 Å². The lowest BCUT2D eigenvalue weighted by Gasteiger charge is -2.14. The highest BCUT2D eigenvalue weighted by Gasteiger charge is 2.12. The van der Waals surface area contributed by atoms with Gasteiger partial charge in [-0.2, -0.15) is 5.10 Å². The van der Waals surface area contributed by atoms with E-state index in [4.69, 9.17) is 4.84 Å².